The summed E-state index contributed by atoms with van der Waals surface area (Å²) in [7, 11) is 2.97. The molecule has 2 rings (SSSR count). The van der Waals surface area contributed by atoms with Gasteiger partial charge in [-0.1, -0.05) is 12.1 Å². The van der Waals surface area contributed by atoms with E-state index in [0.717, 1.165) is 0 Å². The Bertz CT molecular complexity index is 805. The Labute approximate surface area is 158 Å². The van der Waals surface area contributed by atoms with E-state index in [1.165, 1.54) is 27.2 Å². The first kappa shape index (κ1) is 20.1. The lowest BCUT2D eigenvalue weighted by Gasteiger charge is -2.16. The Kier molecular flexibility index (Phi) is 7.05. The summed E-state index contributed by atoms with van der Waals surface area (Å²) < 4.78 is 21.0. The van der Waals surface area contributed by atoms with Gasteiger partial charge in [0.1, 0.15) is 5.75 Å². The predicted molar refractivity (Wildman–Crippen MR) is 101 cm³/mol. The summed E-state index contributed by atoms with van der Waals surface area (Å²) in [5.74, 6) is 0.335. The second kappa shape index (κ2) is 9.47. The number of para-hydroxylation sites is 2. The number of esters is 1. The molecule has 1 atom stereocenters. The number of ether oxygens (including phenoxy) is 4. The molecule has 2 aromatic rings. The van der Waals surface area contributed by atoms with Crippen LogP contribution in [0.15, 0.2) is 42.5 Å². The van der Waals surface area contributed by atoms with Gasteiger partial charge in [0.15, 0.2) is 17.6 Å². The fourth-order valence-corrected chi connectivity index (χ4v) is 2.33. The molecule has 0 aliphatic heterocycles. The fraction of sp³-hybridized carbons (Fsp3) is 0.300. The van der Waals surface area contributed by atoms with Crippen LogP contribution in [0.1, 0.15) is 24.2 Å². The molecule has 27 heavy (non-hydrogen) atoms. The highest BCUT2D eigenvalue weighted by atomic mass is 16.5. The van der Waals surface area contributed by atoms with Crippen molar-refractivity contribution in [3.05, 3.63) is 48.0 Å². The Balaban J connectivity index is 2.05. The van der Waals surface area contributed by atoms with E-state index in [-0.39, 0.29) is 5.56 Å². The van der Waals surface area contributed by atoms with Crippen LogP contribution in [-0.2, 0) is 9.53 Å². The average Bonchev–Trinajstić information content (AvgIpc) is 2.68. The van der Waals surface area contributed by atoms with Crippen molar-refractivity contribution < 1.29 is 28.5 Å². The highest BCUT2D eigenvalue weighted by Crippen LogP contribution is 2.28. The maximum absolute atomic E-state index is 12.4. The standard InChI is InChI=1S/C20H23NO6/c1-5-26-16-9-7-6-8-15(16)21-19(22)13(2)27-20(23)14-10-11-17(24-3)18(12-14)25-4/h6-13H,5H2,1-4H3,(H,21,22). The molecule has 144 valence electrons. The summed E-state index contributed by atoms with van der Waals surface area (Å²) in [6.45, 7) is 3.82. The van der Waals surface area contributed by atoms with E-state index in [0.29, 0.717) is 29.5 Å². The Morgan fingerprint density at radius 1 is 1.00 bits per heavy atom. The van der Waals surface area contributed by atoms with Crippen molar-refractivity contribution in [3.8, 4) is 17.2 Å². The van der Waals surface area contributed by atoms with Gasteiger partial charge in [-0.05, 0) is 44.2 Å². The first-order valence-corrected chi connectivity index (χ1v) is 8.45. The summed E-state index contributed by atoms with van der Waals surface area (Å²) in [6.07, 6.45) is -1.000. The molecule has 1 amide bonds. The molecule has 0 fully saturated rings. The molecule has 0 heterocycles. The largest absolute Gasteiger partial charge is 0.493 e. The molecule has 0 spiro atoms. The topological polar surface area (TPSA) is 83.1 Å². The van der Waals surface area contributed by atoms with Gasteiger partial charge < -0.3 is 24.3 Å². The highest BCUT2D eigenvalue weighted by Gasteiger charge is 2.21. The van der Waals surface area contributed by atoms with Gasteiger partial charge >= 0.3 is 5.97 Å². The van der Waals surface area contributed by atoms with E-state index in [4.69, 9.17) is 18.9 Å². The lowest BCUT2D eigenvalue weighted by atomic mass is 10.2. The number of hydrogen-bond acceptors (Lipinski definition) is 6. The number of amides is 1. The molecule has 0 bridgehead atoms. The van der Waals surface area contributed by atoms with Crippen LogP contribution in [0.4, 0.5) is 5.69 Å². The number of anilines is 1. The summed E-state index contributed by atoms with van der Waals surface area (Å²) in [5.41, 5.74) is 0.764. The summed E-state index contributed by atoms with van der Waals surface area (Å²) >= 11 is 0. The van der Waals surface area contributed by atoms with Crippen LogP contribution < -0.4 is 19.5 Å². The zero-order valence-corrected chi connectivity index (χ0v) is 15.8. The van der Waals surface area contributed by atoms with Gasteiger partial charge in [-0.15, -0.1) is 0 Å². The number of hydrogen-bond donors (Lipinski definition) is 1. The van der Waals surface area contributed by atoms with Crippen LogP contribution in [0, 0.1) is 0 Å². The summed E-state index contributed by atoms with van der Waals surface area (Å²) in [5, 5.41) is 2.71. The van der Waals surface area contributed by atoms with Crippen molar-refractivity contribution in [2.24, 2.45) is 0 Å². The molecule has 0 saturated heterocycles. The number of carbonyl (C=O) groups excluding carboxylic acids is 2. The number of carbonyl (C=O) groups is 2. The van der Waals surface area contributed by atoms with Gasteiger partial charge in [-0.3, -0.25) is 4.79 Å². The third-order valence-electron chi connectivity index (χ3n) is 3.72. The molecule has 7 heteroatoms. The lowest BCUT2D eigenvalue weighted by Crippen LogP contribution is -2.30. The van der Waals surface area contributed by atoms with Crippen molar-refractivity contribution in [2.45, 2.75) is 20.0 Å². The zero-order chi connectivity index (χ0) is 19.8. The molecule has 2 aromatic carbocycles. The van der Waals surface area contributed by atoms with Crippen LogP contribution in [0.25, 0.3) is 0 Å². The summed E-state index contributed by atoms with van der Waals surface area (Å²) in [4.78, 5) is 24.7. The van der Waals surface area contributed by atoms with E-state index < -0.39 is 18.0 Å². The molecular formula is C20H23NO6. The van der Waals surface area contributed by atoms with Crippen LogP contribution in [-0.4, -0.2) is 38.8 Å². The van der Waals surface area contributed by atoms with Crippen LogP contribution >= 0.6 is 0 Å². The molecule has 0 aliphatic rings. The number of rotatable bonds is 8. The second-order valence-electron chi connectivity index (χ2n) is 5.54. The van der Waals surface area contributed by atoms with E-state index in [1.54, 1.807) is 36.4 Å². The van der Waals surface area contributed by atoms with Crippen molar-refractivity contribution in [2.75, 3.05) is 26.1 Å². The van der Waals surface area contributed by atoms with Gasteiger partial charge in [0.05, 0.1) is 32.1 Å². The van der Waals surface area contributed by atoms with Gasteiger partial charge in [0.25, 0.3) is 5.91 Å². The van der Waals surface area contributed by atoms with Crippen molar-refractivity contribution in [1.82, 2.24) is 0 Å². The minimum Gasteiger partial charge on any atom is -0.493 e. The second-order valence-corrected chi connectivity index (χ2v) is 5.54. The van der Waals surface area contributed by atoms with E-state index in [1.807, 2.05) is 6.92 Å². The normalized spacial score (nSPS) is 11.3. The monoisotopic (exact) mass is 373 g/mol. The first-order valence-electron chi connectivity index (χ1n) is 8.45. The molecule has 0 saturated carbocycles. The molecule has 0 radical (unpaired) electrons. The first-order chi connectivity index (χ1) is 13.0. The Morgan fingerprint density at radius 3 is 2.37 bits per heavy atom. The predicted octanol–water partition coefficient (Wildman–Crippen LogP) is 3.29. The van der Waals surface area contributed by atoms with Crippen LogP contribution in [0.5, 0.6) is 17.2 Å². The van der Waals surface area contributed by atoms with Crippen LogP contribution in [0.2, 0.25) is 0 Å². The van der Waals surface area contributed by atoms with Gasteiger partial charge in [-0.25, -0.2) is 4.79 Å². The summed E-state index contributed by atoms with van der Waals surface area (Å²) in [6, 6.07) is 11.7. The maximum atomic E-state index is 12.4. The lowest BCUT2D eigenvalue weighted by molar-refractivity contribution is -0.123. The van der Waals surface area contributed by atoms with E-state index >= 15 is 0 Å². The maximum Gasteiger partial charge on any atom is 0.339 e. The Hall–Kier alpha value is -3.22. The van der Waals surface area contributed by atoms with Crippen molar-refractivity contribution in [3.63, 3.8) is 0 Å². The smallest absolute Gasteiger partial charge is 0.339 e. The minimum absolute atomic E-state index is 0.252. The number of benzene rings is 2. The fourth-order valence-electron chi connectivity index (χ4n) is 2.33. The molecule has 7 nitrogen and oxygen atoms in total. The number of nitrogens with one attached hydrogen (secondary N) is 1. The number of methoxy groups -OCH3 is 2. The zero-order valence-electron chi connectivity index (χ0n) is 15.8. The quantitative estimate of drug-likeness (QED) is 0.715. The van der Waals surface area contributed by atoms with Gasteiger partial charge in [0.2, 0.25) is 0 Å². The Morgan fingerprint density at radius 2 is 1.70 bits per heavy atom. The van der Waals surface area contributed by atoms with Crippen molar-refractivity contribution in [1.29, 1.82) is 0 Å². The van der Waals surface area contributed by atoms with E-state index in [9.17, 15) is 9.59 Å². The third kappa shape index (κ3) is 5.13. The third-order valence-corrected chi connectivity index (χ3v) is 3.72. The average molecular weight is 373 g/mol. The van der Waals surface area contributed by atoms with Gasteiger partial charge in [0, 0.05) is 0 Å². The van der Waals surface area contributed by atoms with Crippen molar-refractivity contribution >= 4 is 17.6 Å². The van der Waals surface area contributed by atoms with Gasteiger partial charge in [-0.2, -0.15) is 0 Å². The molecule has 0 aromatic heterocycles. The highest BCUT2D eigenvalue weighted by molar-refractivity contribution is 5.98. The van der Waals surface area contributed by atoms with E-state index in [2.05, 4.69) is 5.32 Å². The SMILES string of the molecule is CCOc1ccccc1NC(=O)C(C)OC(=O)c1ccc(OC)c(OC)c1. The molecular weight excluding hydrogens is 350 g/mol. The molecule has 0 aliphatic carbocycles. The minimum atomic E-state index is -1.000. The van der Waals surface area contributed by atoms with Crippen LogP contribution in [0.3, 0.4) is 0 Å². The molecule has 1 unspecified atom stereocenters. The molecule has 1 N–H and O–H groups in total.